The third kappa shape index (κ3) is 6.66. The Morgan fingerprint density at radius 1 is 0.826 bits per heavy atom. The number of rotatable bonds is 10. The molecule has 4 aromatic carbocycles. The number of hydrogen-bond acceptors (Lipinski definition) is 6. The summed E-state index contributed by atoms with van der Waals surface area (Å²) in [7, 11) is -2.71. The predicted octanol–water partition coefficient (Wildman–Crippen LogP) is 4.47. The molecule has 0 bridgehead atoms. The molecular formula is C34H32N6O5S. The number of carbonyl (C=O) groups excluding carboxylic acids is 2. The van der Waals surface area contributed by atoms with Gasteiger partial charge in [0.25, 0.3) is 27.4 Å². The number of hydrogen-bond donors (Lipinski definition) is 2. The summed E-state index contributed by atoms with van der Waals surface area (Å²) in [4.78, 5) is 39.6. The average molecular weight is 637 g/mol. The van der Waals surface area contributed by atoms with Crippen molar-refractivity contribution in [3.05, 3.63) is 142 Å². The first kappa shape index (κ1) is 31.7. The highest BCUT2D eigenvalue weighted by molar-refractivity contribution is 7.92. The lowest BCUT2D eigenvalue weighted by Gasteiger charge is -2.22. The third-order valence-corrected chi connectivity index (χ3v) is 9.07. The molecule has 1 heterocycles. The summed E-state index contributed by atoms with van der Waals surface area (Å²) in [6.07, 6.45) is 0. The molecule has 234 valence electrons. The van der Waals surface area contributed by atoms with E-state index in [1.165, 1.54) is 16.8 Å². The Hall–Kier alpha value is -5.75. The average Bonchev–Trinajstić information content (AvgIpc) is 3.30. The molecule has 11 nitrogen and oxygen atoms in total. The predicted molar refractivity (Wildman–Crippen MR) is 178 cm³/mol. The van der Waals surface area contributed by atoms with Gasteiger partial charge in [0.15, 0.2) is 0 Å². The van der Waals surface area contributed by atoms with Crippen LogP contribution in [-0.2, 0) is 21.9 Å². The lowest BCUT2D eigenvalue weighted by Crippen LogP contribution is -2.42. The minimum Gasteiger partial charge on any atom is -0.322 e. The minimum atomic E-state index is -4.35. The highest BCUT2D eigenvalue weighted by atomic mass is 32.2. The van der Waals surface area contributed by atoms with E-state index in [1.54, 1.807) is 123 Å². The first-order chi connectivity index (χ1) is 22.1. The molecule has 1 aromatic heterocycles. The van der Waals surface area contributed by atoms with Gasteiger partial charge in [-0.2, -0.15) is 5.10 Å². The molecule has 0 fully saturated rings. The summed E-state index contributed by atoms with van der Waals surface area (Å²) in [5, 5.41) is 7.02. The van der Waals surface area contributed by atoms with Crippen LogP contribution >= 0.6 is 0 Å². The maximum absolute atomic E-state index is 13.9. The highest BCUT2D eigenvalue weighted by Crippen LogP contribution is 2.25. The molecular weight excluding hydrogens is 604 g/mol. The zero-order valence-electron chi connectivity index (χ0n) is 25.4. The largest absolute Gasteiger partial charge is 0.322 e. The van der Waals surface area contributed by atoms with Crippen LogP contribution in [0.25, 0.3) is 5.69 Å². The summed E-state index contributed by atoms with van der Waals surface area (Å²) in [5.41, 5.74) is 4.59. The van der Waals surface area contributed by atoms with Gasteiger partial charge in [-0.05, 0) is 67.9 Å². The lowest BCUT2D eigenvalue weighted by atomic mass is 10.1. The molecule has 5 aromatic rings. The van der Waals surface area contributed by atoms with E-state index < -0.39 is 28.0 Å². The van der Waals surface area contributed by atoms with Gasteiger partial charge in [0.05, 0.1) is 22.0 Å². The van der Waals surface area contributed by atoms with Gasteiger partial charge in [0.1, 0.15) is 12.2 Å². The molecule has 0 atom stereocenters. The van der Waals surface area contributed by atoms with E-state index >= 15 is 0 Å². The molecule has 0 aliphatic rings. The zero-order valence-corrected chi connectivity index (χ0v) is 26.2. The molecule has 0 saturated heterocycles. The van der Waals surface area contributed by atoms with Crippen LogP contribution in [0.2, 0.25) is 0 Å². The minimum absolute atomic E-state index is 0.0780. The van der Waals surface area contributed by atoms with Crippen LogP contribution < -0.4 is 20.6 Å². The Balaban J connectivity index is 1.42. The Kier molecular flexibility index (Phi) is 9.29. The SMILES string of the molecule is C/C(=N/NC(=O)CN(c1c(C)n(C)n(-c2ccccc2)c1=O)S(=O)(=O)c1ccccc1)c1cccc(NC(=O)c2ccccc2)c1. The first-order valence-electron chi connectivity index (χ1n) is 14.3. The van der Waals surface area contributed by atoms with E-state index in [1.807, 2.05) is 6.07 Å². The van der Waals surface area contributed by atoms with Crippen molar-refractivity contribution in [2.45, 2.75) is 18.7 Å². The molecule has 0 radical (unpaired) electrons. The summed E-state index contributed by atoms with van der Waals surface area (Å²) >= 11 is 0. The maximum Gasteiger partial charge on any atom is 0.296 e. The van der Waals surface area contributed by atoms with Crippen molar-refractivity contribution >= 4 is 38.9 Å². The maximum atomic E-state index is 13.9. The fourth-order valence-corrected chi connectivity index (χ4v) is 6.33. The smallest absolute Gasteiger partial charge is 0.296 e. The topological polar surface area (TPSA) is 135 Å². The van der Waals surface area contributed by atoms with Crippen molar-refractivity contribution in [1.29, 1.82) is 0 Å². The fraction of sp³-hybridized carbons (Fsp3) is 0.118. The summed E-state index contributed by atoms with van der Waals surface area (Å²) in [5.74, 6) is -1.04. The van der Waals surface area contributed by atoms with Crippen molar-refractivity contribution < 1.29 is 18.0 Å². The number of aromatic nitrogens is 2. The Morgan fingerprint density at radius 3 is 2.07 bits per heavy atom. The van der Waals surface area contributed by atoms with E-state index in [4.69, 9.17) is 0 Å². The van der Waals surface area contributed by atoms with Crippen molar-refractivity contribution in [3.63, 3.8) is 0 Å². The van der Waals surface area contributed by atoms with Crippen LogP contribution in [0.4, 0.5) is 11.4 Å². The number of sulfonamides is 1. The van der Waals surface area contributed by atoms with Crippen LogP contribution in [0, 0.1) is 6.92 Å². The molecule has 0 aliphatic heterocycles. The van der Waals surface area contributed by atoms with E-state index in [0.717, 1.165) is 4.31 Å². The standard InChI is InChI=1S/C34H32N6O5S/c1-24(27-16-13-17-28(22-27)35-33(42)26-14-7-4-8-15-26)36-37-31(41)23-39(46(44,45)30-20-11-6-12-21-30)32-25(2)38(3)40(34(32)43)29-18-9-5-10-19-29/h4-22H,23H2,1-3H3,(H,35,42)(H,37,41)/b36-24-. The van der Waals surface area contributed by atoms with Crippen molar-refractivity contribution in [1.82, 2.24) is 14.8 Å². The third-order valence-electron chi connectivity index (χ3n) is 7.31. The van der Waals surface area contributed by atoms with Gasteiger partial charge in [-0.25, -0.2) is 22.8 Å². The quantitative estimate of drug-likeness (QED) is 0.172. The molecule has 0 aliphatic carbocycles. The molecule has 46 heavy (non-hydrogen) atoms. The van der Waals surface area contributed by atoms with Gasteiger partial charge in [-0.1, -0.05) is 66.7 Å². The Morgan fingerprint density at radius 2 is 1.41 bits per heavy atom. The van der Waals surface area contributed by atoms with Crippen LogP contribution in [0.3, 0.4) is 0 Å². The summed E-state index contributed by atoms with van der Waals surface area (Å²) < 4.78 is 31.6. The van der Waals surface area contributed by atoms with E-state index in [0.29, 0.717) is 33.9 Å². The second-order valence-corrected chi connectivity index (χ2v) is 12.2. The lowest BCUT2D eigenvalue weighted by molar-refractivity contribution is -0.119. The molecule has 2 amide bonds. The zero-order chi connectivity index (χ0) is 32.8. The first-order valence-corrected chi connectivity index (χ1v) is 15.7. The number of anilines is 2. The van der Waals surface area contributed by atoms with Crippen molar-refractivity contribution in [2.75, 3.05) is 16.2 Å². The van der Waals surface area contributed by atoms with Crippen LogP contribution in [0.15, 0.2) is 130 Å². The Bertz CT molecular complexity index is 2070. The van der Waals surface area contributed by atoms with Gasteiger partial charge in [0.2, 0.25) is 0 Å². The number of nitrogens with one attached hydrogen (secondary N) is 2. The van der Waals surface area contributed by atoms with Gasteiger partial charge < -0.3 is 5.32 Å². The molecule has 0 spiro atoms. The number of para-hydroxylation sites is 1. The van der Waals surface area contributed by atoms with Crippen LogP contribution in [0.5, 0.6) is 0 Å². The molecule has 0 unspecified atom stereocenters. The number of carbonyl (C=O) groups is 2. The number of benzene rings is 4. The van der Waals surface area contributed by atoms with Crippen LogP contribution in [0.1, 0.15) is 28.5 Å². The summed E-state index contributed by atoms with van der Waals surface area (Å²) in [6, 6.07) is 32.1. The second kappa shape index (κ2) is 13.5. The fourth-order valence-electron chi connectivity index (χ4n) is 4.84. The molecule has 2 N–H and O–H groups in total. The number of hydrazone groups is 1. The number of nitrogens with zero attached hydrogens (tertiary/aromatic N) is 4. The van der Waals surface area contributed by atoms with E-state index in [2.05, 4.69) is 15.8 Å². The highest BCUT2D eigenvalue weighted by Gasteiger charge is 2.33. The molecule has 12 heteroatoms. The van der Waals surface area contributed by atoms with Gasteiger partial charge in [-0.3, -0.25) is 19.1 Å². The van der Waals surface area contributed by atoms with E-state index in [-0.39, 0.29) is 16.5 Å². The molecule has 0 saturated carbocycles. The van der Waals surface area contributed by atoms with Gasteiger partial charge >= 0.3 is 0 Å². The van der Waals surface area contributed by atoms with E-state index in [9.17, 15) is 22.8 Å². The van der Waals surface area contributed by atoms with Crippen molar-refractivity contribution in [3.8, 4) is 5.69 Å². The second-order valence-electron chi connectivity index (χ2n) is 10.4. The number of amides is 2. The normalized spacial score (nSPS) is 11.6. The van der Waals surface area contributed by atoms with Gasteiger partial charge in [-0.15, -0.1) is 0 Å². The monoisotopic (exact) mass is 636 g/mol. The summed E-state index contributed by atoms with van der Waals surface area (Å²) in [6.45, 7) is 2.57. The molecule has 5 rings (SSSR count). The van der Waals surface area contributed by atoms with Gasteiger partial charge in [0, 0.05) is 18.3 Å². The van der Waals surface area contributed by atoms with Crippen molar-refractivity contribution in [2.24, 2.45) is 12.1 Å². The Labute approximate surface area is 266 Å². The van der Waals surface area contributed by atoms with Crippen LogP contribution in [-0.4, -0.2) is 41.9 Å².